The first-order valence-electron chi connectivity index (χ1n) is 9.00. The molecule has 27 heavy (non-hydrogen) atoms. The molecule has 140 valence electrons. The Labute approximate surface area is 167 Å². The van der Waals surface area contributed by atoms with Crippen molar-refractivity contribution in [3.05, 3.63) is 58.4 Å². The van der Waals surface area contributed by atoms with Crippen molar-refractivity contribution in [3.63, 3.8) is 0 Å². The van der Waals surface area contributed by atoms with E-state index in [1.54, 1.807) is 11.3 Å². The first-order chi connectivity index (χ1) is 13.2. The number of piperazine rings is 1. The maximum atomic E-state index is 12.5. The Morgan fingerprint density at radius 2 is 1.93 bits per heavy atom. The predicted molar refractivity (Wildman–Crippen MR) is 113 cm³/mol. The number of hydrogen-bond donors (Lipinski definition) is 1. The molecule has 1 N–H and O–H groups in total. The number of para-hydroxylation sites is 1. The minimum absolute atomic E-state index is 0.123. The second-order valence-electron chi connectivity index (χ2n) is 6.62. The second kappa shape index (κ2) is 8.21. The third-order valence-electron chi connectivity index (χ3n) is 4.74. The second-order valence-corrected chi connectivity index (χ2v) is 8.42. The molecule has 2 aromatic heterocycles. The Morgan fingerprint density at radius 1 is 1.11 bits per heavy atom. The van der Waals surface area contributed by atoms with Crippen molar-refractivity contribution in [2.24, 2.45) is 0 Å². The number of thiophene rings is 1. The number of benzene rings is 1. The van der Waals surface area contributed by atoms with E-state index in [0.29, 0.717) is 12.2 Å². The molecule has 1 amide bonds. The highest BCUT2D eigenvalue weighted by Crippen LogP contribution is 2.28. The van der Waals surface area contributed by atoms with Crippen LogP contribution in [0.15, 0.2) is 47.2 Å². The molecule has 1 aliphatic rings. The third-order valence-corrected chi connectivity index (χ3v) is 6.63. The molecule has 1 aliphatic heterocycles. The molecule has 1 aromatic carbocycles. The molecule has 1 fully saturated rings. The molecule has 3 heterocycles. The van der Waals surface area contributed by atoms with Crippen LogP contribution < -0.4 is 10.2 Å². The highest BCUT2D eigenvalue weighted by Gasteiger charge is 2.18. The van der Waals surface area contributed by atoms with Crippen molar-refractivity contribution in [1.29, 1.82) is 0 Å². The van der Waals surface area contributed by atoms with Crippen LogP contribution in [0.1, 0.15) is 16.1 Å². The first kappa shape index (κ1) is 18.2. The lowest BCUT2D eigenvalue weighted by atomic mass is 10.1. The summed E-state index contributed by atoms with van der Waals surface area (Å²) in [4.78, 5) is 22.9. The van der Waals surface area contributed by atoms with Crippen LogP contribution in [-0.2, 0) is 6.54 Å². The van der Waals surface area contributed by atoms with Gasteiger partial charge in [0.05, 0.1) is 4.88 Å². The molecule has 5 nitrogen and oxygen atoms in total. The Kier molecular flexibility index (Phi) is 5.52. The summed E-state index contributed by atoms with van der Waals surface area (Å²) in [5.41, 5.74) is 2.84. The number of likely N-dealkylation sites (N-methyl/N-ethyl adjacent to an activating group) is 1. The van der Waals surface area contributed by atoms with Crippen LogP contribution >= 0.6 is 22.7 Å². The SMILES string of the molecule is CN1CCN(c2ccccc2CNC(=O)c2csc(-c3cccs3)n2)CC1. The minimum Gasteiger partial charge on any atom is -0.369 e. The highest BCUT2D eigenvalue weighted by atomic mass is 32.1. The normalized spacial score (nSPS) is 15.1. The minimum atomic E-state index is -0.123. The van der Waals surface area contributed by atoms with Gasteiger partial charge in [-0.15, -0.1) is 22.7 Å². The van der Waals surface area contributed by atoms with Crippen LogP contribution in [0.5, 0.6) is 0 Å². The number of carbonyl (C=O) groups is 1. The van der Waals surface area contributed by atoms with Gasteiger partial charge < -0.3 is 15.1 Å². The summed E-state index contributed by atoms with van der Waals surface area (Å²) in [7, 11) is 2.15. The Bertz CT molecular complexity index is 898. The fourth-order valence-corrected chi connectivity index (χ4v) is 4.79. The average Bonchev–Trinajstić information content (AvgIpc) is 3.38. The van der Waals surface area contributed by atoms with Gasteiger partial charge in [0.1, 0.15) is 10.7 Å². The zero-order chi connectivity index (χ0) is 18.6. The van der Waals surface area contributed by atoms with Gasteiger partial charge in [0.2, 0.25) is 0 Å². The van der Waals surface area contributed by atoms with Crippen LogP contribution in [0.3, 0.4) is 0 Å². The molecular formula is C20H22N4OS2. The van der Waals surface area contributed by atoms with Gasteiger partial charge in [-0.2, -0.15) is 0 Å². The molecule has 1 saturated heterocycles. The van der Waals surface area contributed by atoms with Gasteiger partial charge in [-0.25, -0.2) is 4.98 Å². The fourth-order valence-electron chi connectivity index (χ4n) is 3.17. The van der Waals surface area contributed by atoms with Crippen LogP contribution in [0, 0.1) is 0 Å². The number of nitrogens with one attached hydrogen (secondary N) is 1. The molecule has 0 atom stereocenters. The van der Waals surface area contributed by atoms with Gasteiger partial charge in [0.15, 0.2) is 0 Å². The molecule has 0 unspecified atom stereocenters. The van der Waals surface area contributed by atoms with Gasteiger partial charge in [0, 0.05) is 43.8 Å². The number of amides is 1. The summed E-state index contributed by atoms with van der Waals surface area (Å²) < 4.78 is 0. The number of nitrogens with zero attached hydrogens (tertiary/aromatic N) is 3. The number of hydrogen-bond acceptors (Lipinski definition) is 6. The van der Waals surface area contributed by atoms with E-state index in [9.17, 15) is 4.79 Å². The number of aromatic nitrogens is 1. The van der Waals surface area contributed by atoms with E-state index < -0.39 is 0 Å². The fraction of sp³-hybridized carbons (Fsp3) is 0.300. The van der Waals surface area contributed by atoms with Crippen LogP contribution in [0.25, 0.3) is 9.88 Å². The van der Waals surface area contributed by atoms with E-state index in [4.69, 9.17) is 0 Å². The van der Waals surface area contributed by atoms with Gasteiger partial charge in [-0.1, -0.05) is 24.3 Å². The lowest BCUT2D eigenvalue weighted by Gasteiger charge is -2.35. The molecule has 3 aromatic rings. The molecule has 7 heteroatoms. The third kappa shape index (κ3) is 4.21. The van der Waals surface area contributed by atoms with Gasteiger partial charge >= 0.3 is 0 Å². The largest absolute Gasteiger partial charge is 0.369 e. The van der Waals surface area contributed by atoms with E-state index in [0.717, 1.165) is 41.6 Å². The van der Waals surface area contributed by atoms with Crippen molar-refractivity contribution in [1.82, 2.24) is 15.2 Å². The van der Waals surface area contributed by atoms with Crippen molar-refractivity contribution in [2.75, 3.05) is 38.1 Å². The summed E-state index contributed by atoms with van der Waals surface area (Å²) in [6, 6.07) is 12.3. The maximum absolute atomic E-state index is 12.5. The Hall–Kier alpha value is -2.22. The quantitative estimate of drug-likeness (QED) is 0.714. The van der Waals surface area contributed by atoms with Crippen LogP contribution in [-0.4, -0.2) is 49.0 Å². The van der Waals surface area contributed by atoms with E-state index in [1.165, 1.54) is 17.0 Å². The number of thiazole rings is 1. The summed E-state index contributed by atoms with van der Waals surface area (Å²) in [5.74, 6) is -0.123. The van der Waals surface area contributed by atoms with E-state index in [1.807, 2.05) is 29.0 Å². The van der Waals surface area contributed by atoms with Crippen LogP contribution in [0.4, 0.5) is 5.69 Å². The zero-order valence-electron chi connectivity index (χ0n) is 15.2. The molecule has 0 radical (unpaired) electrons. The van der Waals surface area contributed by atoms with Crippen molar-refractivity contribution < 1.29 is 4.79 Å². The number of rotatable bonds is 5. The van der Waals surface area contributed by atoms with E-state index in [2.05, 4.69) is 45.3 Å². The molecule has 4 rings (SSSR count). The highest BCUT2D eigenvalue weighted by molar-refractivity contribution is 7.20. The number of carbonyl (C=O) groups excluding carboxylic acids is 1. The van der Waals surface area contributed by atoms with Crippen molar-refractivity contribution in [2.45, 2.75) is 6.54 Å². The Morgan fingerprint density at radius 3 is 2.70 bits per heavy atom. The lowest BCUT2D eigenvalue weighted by molar-refractivity contribution is 0.0946. The van der Waals surface area contributed by atoms with Crippen molar-refractivity contribution >= 4 is 34.3 Å². The summed E-state index contributed by atoms with van der Waals surface area (Å²) in [6.07, 6.45) is 0. The summed E-state index contributed by atoms with van der Waals surface area (Å²) in [5, 5.41) is 7.78. The molecule has 0 bridgehead atoms. The first-order valence-corrected chi connectivity index (χ1v) is 10.8. The zero-order valence-corrected chi connectivity index (χ0v) is 16.9. The summed E-state index contributed by atoms with van der Waals surface area (Å²) in [6.45, 7) is 4.65. The molecule has 0 saturated carbocycles. The standard InChI is InChI=1S/C20H22N4OS2/c1-23-8-10-24(11-9-23)17-6-3-2-5-15(17)13-21-19(25)16-14-27-20(22-16)18-7-4-12-26-18/h2-7,12,14H,8-11,13H2,1H3,(H,21,25). The van der Waals surface area contributed by atoms with E-state index in [-0.39, 0.29) is 5.91 Å². The lowest BCUT2D eigenvalue weighted by Crippen LogP contribution is -2.45. The maximum Gasteiger partial charge on any atom is 0.271 e. The van der Waals surface area contributed by atoms with Crippen LogP contribution in [0.2, 0.25) is 0 Å². The van der Waals surface area contributed by atoms with Gasteiger partial charge in [-0.05, 0) is 30.1 Å². The summed E-state index contributed by atoms with van der Waals surface area (Å²) >= 11 is 3.15. The number of anilines is 1. The molecular weight excluding hydrogens is 376 g/mol. The van der Waals surface area contributed by atoms with Gasteiger partial charge in [-0.3, -0.25) is 4.79 Å². The molecule has 0 spiro atoms. The Balaban J connectivity index is 1.42. The topological polar surface area (TPSA) is 48.5 Å². The predicted octanol–water partition coefficient (Wildman–Crippen LogP) is 3.55. The molecule has 0 aliphatic carbocycles. The van der Waals surface area contributed by atoms with Gasteiger partial charge in [0.25, 0.3) is 5.91 Å². The average molecular weight is 399 g/mol. The van der Waals surface area contributed by atoms with E-state index >= 15 is 0 Å². The van der Waals surface area contributed by atoms with Crippen molar-refractivity contribution in [3.8, 4) is 9.88 Å². The smallest absolute Gasteiger partial charge is 0.271 e. The monoisotopic (exact) mass is 398 g/mol.